The summed E-state index contributed by atoms with van der Waals surface area (Å²) in [7, 11) is 0. The van der Waals surface area contributed by atoms with Crippen LogP contribution in [0.3, 0.4) is 0 Å². The molecule has 0 aliphatic carbocycles. The molecular weight excluding hydrogens is 380 g/mol. The SMILES string of the molecule is Fc1cccc(F)c1Cn1c(-c2c(F)cccc2F)nc2c(Cl)cccc21. The van der Waals surface area contributed by atoms with Crippen LogP contribution < -0.4 is 0 Å². The molecule has 0 atom stereocenters. The van der Waals surface area contributed by atoms with Gasteiger partial charge in [0.15, 0.2) is 0 Å². The van der Waals surface area contributed by atoms with E-state index in [1.54, 1.807) is 18.2 Å². The Bertz CT molecular complexity index is 1130. The van der Waals surface area contributed by atoms with E-state index < -0.39 is 23.3 Å². The van der Waals surface area contributed by atoms with Crippen molar-refractivity contribution in [3.8, 4) is 11.4 Å². The van der Waals surface area contributed by atoms with E-state index in [1.807, 2.05) is 0 Å². The molecule has 27 heavy (non-hydrogen) atoms. The molecule has 1 aromatic heterocycles. The fourth-order valence-electron chi connectivity index (χ4n) is 3.02. The van der Waals surface area contributed by atoms with Crippen LogP contribution in [0.1, 0.15) is 5.56 Å². The number of halogens is 5. The molecule has 1 heterocycles. The Morgan fingerprint density at radius 2 is 1.33 bits per heavy atom. The number of benzene rings is 3. The van der Waals surface area contributed by atoms with Gasteiger partial charge in [-0.2, -0.15) is 0 Å². The number of rotatable bonds is 3. The first-order valence-electron chi connectivity index (χ1n) is 7.99. The summed E-state index contributed by atoms with van der Waals surface area (Å²) in [4.78, 5) is 4.27. The quantitative estimate of drug-likeness (QED) is 0.394. The van der Waals surface area contributed by atoms with Crippen molar-refractivity contribution in [2.24, 2.45) is 0 Å². The second-order valence-electron chi connectivity index (χ2n) is 5.93. The van der Waals surface area contributed by atoms with Crippen LogP contribution in [0.2, 0.25) is 5.02 Å². The number of nitrogens with zero attached hydrogens (tertiary/aromatic N) is 2. The number of hydrogen-bond acceptors (Lipinski definition) is 1. The summed E-state index contributed by atoms with van der Waals surface area (Å²) in [6, 6.07) is 11.7. The average molecular weight is 391 g/mol. The molecule has 3 aromatic carbocycles. The molecule has 0 amide bonds. The van der Waals surface area contributed by atoms with Crippen LogP contribution in [-0.4, -0.2) is 9.55 Å². The summed E-state index contributed by atoms with van der Waals surface area (Å²) in [5.41, 5.74) is 0.0626. The molecule has 0 unspecified atom stereocenters. The summed E-state index contributed by atoms with van der Waals surface area (Å²) in [6.45, 7) is -0.307. The summed E-state index contributed by atoms with van der Waals surface area (Å²) in [5.74, 6) is -3.30. The van der Waals surface area contributed by atoms with Crippen LogP contribution in [0.5, 0.6) is 0 Å². The first kappa shape index (κ1) is 17.5. The van der Waals surface area contributed by atoms with E-state index in [9.17, 15) is 17.6 Å². The van der Waals surface area contributed by atoms with Crippen LogP contribution >= 0.6 is 11.6 Å². The van der Waals surface area contributed by atoms with E-state index in [4.69, 9.17) is 11.6 Å². The molecule has 0 aliphatic rings. The van der Waals surface area contributed by atoms with Crippen molar-refractivity contribution in [2.75, 3.05) is 0 Å². The highest BCUT2D eigenvalue weighted by atomic mass is 35.5. The van der Waals surface area contributed by atoms with Gasteiger partial charge in [0.1, 0.15) is 34.6 Å². The first-order valence-corrected chi connectivity index (χ1v) is 8.37. The number of para-hydroxylation sites is 1. The predicted octanol–water partition coefficient (Wildman–Crippen LogP) is 5.96. The molecule has 4 rings (SSSR count). The molecule has 136 valence electrons. The van der Waals surface area contributed by atoms with Gasteiger partial charge in [0.25, 0.3) is 0 Å². The van der Waals surface area contributed by atoms with E-state index in [2.05, 4.69) is 4.98 Å². The Labute approximate surface area is 156 Å². The van der Waals surface area contributed by atoms with Crippen LogP contribution in [-0.2, 0) is 6.54 Å². The van der Waals surface area contributed by atoms with Crippen molar-refractivity contribution >= 4 is 22.6 Å². The van der Waals surface area contributed by atoms with Gasteiger partial charge in [0.2, 0.25) is 0 Å². The van der Waals surface area contributed by atoms with Crippen molar-refractivity contribution in [1.29, 1.82) is 0 Å². The fraction of sp³-hybridized carbons (Fsp3) is 0.0500. The highest BCUT2D eigenvalue weighted by Gasteiger charge is 2.22. The van der Waals surface area contributed by atoms with Crippen molar-refractivity contribution in [3.05, 3.63) is 88.5 Å². The first-order chi connectivity index (χ1) is 13.0. The lowest BCUT2D eigenvalue weighted by atomic mass is 10.1. The van der Waals surface area contributed by atoms with Crippen molar-refractivity contribution < 1.29 is 17.6 Å². The lowest BCUT2D eigenvalue weighted by Crippen LogP contribution is -2.08. The van der Waals surface area contributed by atoms with Crippen LogP contribution in [0.4, 0.5) is 17.6 Å². The molecule has 0 saturated heterocycles. The molecule has 0 bridgehead atoms. The van der Waals surface area contributed by atoms with E-state index >= 15 is 0 Å². The smallest absolute Gasteiger partial charge is 0.147 e. The van der Waals surface area contributed by atoms with Crippen molar-refractivity contribution in [3.63, 3.8) is 0 Å². The Morgan fingerprint density at radius 3 is 1.96 bits per heavy atom. The largest absolute Gasteiger partial charge is 0.319 e. The van der Waals surface area contributed by atoms with Gasteiger partial charge >= 0.3 is 0 Å². The Hall–Kier alpha value is -2.86. The molecule has 0 saturated carbocycles. The average Bonchev–Trinajstić information content (AvgIpc) is 2.98. The lowest BCUT2D eigenvalue weighted by Gasteiger charge is -2.12. The summed E-state index contributed by atoms with van der Waals surface area (Å²) < 4.78 is 58.4. The minimum Gasteiger partial charge on any atom is -0.319 e. The van der Waals surface area contributed by atoms with Crippen LogP contribution in [0, 0.1) is 23.3 Å². The monoisotopic (exact) mass is 390 g/mol. The standard InChI is InChI=1S/C20H11ClF4N2/c21-12-4-1-9-17-19(12)26-20(18-15(24)7-3-8-16(18)25)27(17)10-11-13(22)5-2-6-14(11)23/h1-9H,10H2. The highest BCUT2D eigenvalue weighted by Crippen LogP contribution is 2.33. The van der Waals surface area contributed by atoms with Crippen LogP contribution in [0.25, 0.3) is 22.4 Å². The number of hydrogen-bond donors (Lipinski definition) is 0. The van der Waals surface area contributed by atoms with Gasteiger partial charge in [-0.15, -0.1) is 0 Å². The van der Waals surface area contributed by atoms with Gasteiger partial charge in [0, 0.05) is 5.56 Å². The molecule has 0 spiro atoms. The molecule has 0 radical (unpaired) electrons. The van der Waals surface area contributed by atoms with Gasteiger partial charge in [0.05, 0.1) is 22.6 Å². The Morgan fingerprint density at radius 1 is 0.778 bits per heavy atom. The number of aromatic nitrogens is 2. The van der Waals surface area contributed by atoms with E-state index in [0.717, 1.165) is 24.3 Å². The third kappa shape index (κ3) is 2.96. The van der Waals surface area contributed by atoms with Gasteiger partial charge in [-0.25, -0.2) is 22.5 Å². The molecule has 0 aliphatic heterocycles. The molecule has 0 N–H and O–H groups in total. The predicted molar refractivity (Wildman–Crippen MR) is 95.6 cm³/mol. The van der Waals surface area contributed by atoms with Crippen molar-refractivity contribution in [2.45, 2.75) is 6.54 Å². The normalized spacial score (nSPS) is 11.3. The Kier molecular flexibility index (Phi) is 4.36. The number of fused-ring (bicyclic) bond motifs is 1. The molecular formula is C20H11ClF4N2. The van der Waals surface area contributed by atoms with Gasteiger partial charge in [-0.1, -0.05) is 29.8 Å². The van der Waals surface area contributed by atoms with Gasteiger partial charge in [-0.05, 0) is 36.4 Å². The lowest BCUT2D eigenvalue weighted by molar-refractivity contribution is 0.546. The maximum absolute atomic E-state index is 14.4. The van der Waals surface area contributed by atoms with Gasteiger partial charge in [-0.3, -0.25) is 0 Å². The van der Waals surface area contributed by atoms with Crippen molar-refractivity contribution in [1.82, 2.24) is 9.55 Å². The maximum Gasteiger partial charge on any atom is 0.147 e. The second kappa shape index (κ2) is 6.70. The summed E-state index contributed by atoms with van der Waals surface area (Å²) >= 11 is 6.16. The number of imidazole rings is 1. The summed E-state index contributed by atoms with van der Waals surface area (Å²) in [5, 5.41) is 0.262. The molecule has 7 heteroatoms. The fourth-order valence-corrected chi connectivity index (χ4v) is 3.23. The van der Waals surface area contributed by atoms with E-state index in [0.29, 0.717) is 5.52 Å². The molecule has 2 nitrogen and oxygen atoms in total. The summed E-state index contributed by atoms with van der Waals surface area (Å²) in [6.07, 6.45) is 0. The zero-order valence-electron chi connectivity index (χ0n) is 13.7. The minimum atomic E-state index is -0.836. The minimum absolute atomic E-state index is 0.101. The van der Waals surface area contributed by atoms with Crippen LogP contribution in [0.15, 0.2) is 54.6 Å². The zero-order chi connectivity index (χ0) is 19.1. The molecule has 0 fully saturated rings. The molecule has 4 aromatic rings. The van der Waals surface area contributed by atoms with Gasteiger partial charge < -0.3 is 4.57 Å². The third-order valence-electron chi connectivity index (χ3n) is 4.29. The van der Waals surface area contributed by atoms with E-state index in [1.165, 1.54) is 16.7 Å². The third-order valence-corrected chi connectivity index (χ3v) is 4.60. The highest BCUT2D eigenvalue weighted by molar-refractivity contribution is 6.35. The van der Waals surface area contributed by atoms with E-state index in [-0.39, 0.29) is 34.0 Å². The Balaban J connectivity index is 2.03. The maximum atomic E-state index is 14.4. The second-order valence-corrected chi connectivity index (χ2v) is 6.33. The zero-order valence-corrected chi connectivity index (χ0v) is 14.4. The topological polar surface area (TPSA) is 17.8 Å².